The summed E-state index contributed by atoms with van der Waals surface area (Å²) in [6.07, 6.45) is 0.621. The first kappa shape index (κ1) is 17.2. The molecule has 23 heavy (non-hydrogen) atoms. The van der Waals surface area contributed by atoms with Crippen LogP contribution < -0.4 is 16.0 Å². The molecule has 3 amide bonds. The number of methoxy groups -OCH3 is 1. The van der Waals surface area contributed by atoms with Crippen molar-refractivity contribution in [2.75, 3.05) is 24.4 Å². The average molecular weight is 321 g/mol. The first-order valence-electron chi connectivity index (χ1n) is 7.63. The number of hydrogen-bond acceptors (Lipinski definition) is 4. The molecular formula is C16H23N3O4. The SMILES string of the molecule is CCO[C@@H]1C[C@@H](NC(=O)Nc2cccc(NC(C)=O)c2)[C@@H]1OC. The van der Waals surface area contributed by atoms with E-state index >= 15 is 0 Å². The lowest BCUT2D eigenvalue weighted by Crippen LogP contribution is -2.61. The molecule has 1 aromatic rings. The second-order valence-electron chi connectivity index (χ2n) is 5.40. The van der Waals surface area contributed by atoms with Gasteiger partial charge in [-0.3, -0.25) is 4.79 Å². The monoisotopic (exact) mass is 321 g/mol. The van der Waals surface area contributed by atoms with E-state index in [9.17, 15) is 9.59 Å². The van der Waals surface area contributed by atoms with Gasteiger partial charge in [-0.15, -0.1) is 0 Å². The fraction of sp³-hybridized carbons (Fsp3) is 0.500. The molecule has 0 unspecified atom stereocenters. The third kappa shape index (κ3) is 4.67. The summed E-state index contributed by atoms with van der Waals surface area (Å²) in [6, 6.07) is 6.57. The number of carbonyl (C=O) groups excluding carboxylic acids is 2. The number of amides is 3. The van der Waals surface area contributed by atoms with Gasteiger partial charge in [0.25, 0.3) is 0 Å². The van der Waals surface area contributed by atoms with Crippen LogP contribution in [0.15, 0.2) is 24.3 Å². The molecule has 1 saturated carbocycles. The van der Waals surface area contributed by atoms with E-state index in [1.54, 1.807) is 31.4 Å². The summed E-state index contributed by atoms with van der Waals surface area (Å²) < 4.78 is 10.9. The van der Waals surface area contributed by atoms with Crippen LogP contribution in [0.4, 0.5) is 16.2 Å². The van der Waals surface area contributed by atoms with Crippen LogP contribution in [0.5, 0.6) is 0 Å². The highest BCUT2D eigenvalue weighted by molar-refractivity contribution is 5.92. The zero-order chi connectivity index (χ0) is 16.8. The molecule has 0 spiro atoms. The van der Waals surface area contributed by atoms with Crippen molar-refractivity contribution in [3.05, 3.63) is 24.3 Å². The molecule has 0 bridgehead atoms. The van der Waals surface area contributed by atoms with Crippen LogP contribution in [0.25, 0.3) is 0 Å². The largest absolute Gasteiger partial charge is 0.377 e. The zero-order valence-corrected chi connectivity index (χ0v) is 13.6. The van der Waals surface area contributed by atoms with Crippen molar-refractivity contribution in [3.63, 3.8) is 0 Å². The molecule has 1 aromatic carbocycles. The zero-order valence-electron chi connectivity index (χ0n) is 13.6. The van der Waals surface area contributed by atoms with E-state index in [-0.39, 0.29) is 30.2 Å². The summed E-state index contributed by atoms with van der Waals surface area (Å²) in [4.78, 5) is 23.1. The first-order chi connectivity index (χ1) is 11.0. The van der Waals surface area contributed by atoms with Crippen LogP contribution in [-0.4, -0.2) is 43.9 Å². The second kappa shape index (κ2) is 7.94. The van der Waals surface area contributed by atoms with E-state index in [0.29, 0.717) is 18.0 Å². The number of hydrogen-bond donors (Lipinski definition) is 3. The van der Waals surface area contributed by atoms with Gasteiger partial charge in [0.05, 0.1) is 12.1 Å². The highest BCUT2D eigenvalue weighted by Gasteiger charge is 2.42. The van der Waals surface area contributed by atoms with Crippen LogP contribution in [0.2, 0.25) is 0 Å². The van der Waals surface area contributed by atoms with Gasteiger partial charge in [-0.25, -0.2) is 4.79 Å². The van der Waals surface area contributed by atoms with E-state index in [2.05, 4.69) is 16.0 Å². The molecule has 0 aliphatic heterocycles. The van der Waals surface area contributed by atoms with Crippen LogP contribution >= 0.6 is 0 Å². The molecule has 1 aliphatic rings. The van der Waals surface area contributed by atoms with Crippen molar-refractivity contribution in [1.29, 1.82) is 0 Å². The molecule has 2 rings (SSSR count). The van der Waals surface area contributed by atoms with Crippen LogP contribution in [-0.2, 0) is 14.3 Å². The van der Waals surface area contributed by atoms with Crippen LogP contribution in [0, 0.1) is 0 Å². The predicted molar refractivity (Wildman–Crippen MR) is 87.5 cm³/mol. The maximum Gasteiger partial charge on any atom is 0.319 e. The van der Waals surface area contributed by atoms with Crippen molar-refractivity contribution >= 4 is 23.3 Å². The summed E-state index contributed by atoms with van der Waals surface area (Å²) in [5, 5.41) is 8.29. The van der Waals surface area contributed by atoms with Gasteiger partial charge >= 0.3 is 6.03 Å². The van der Waals surface area contributed by atoms with E-state index in [4.69, 9.17) is 9.47 Å². The molecule has 0 saturated heterocycles. The summed E-state index contributed by atoms with van der Waals surface area (Å²) in [5.41, 5.74) is 1.23. The number of anilines is 2. The highest BCUT2D eigenvalue weighted by Crippen LogP contribution is 2.27. The number of nitrogens with one attached hydrogen (secondary N) is 3. The Kier molecular flexibility index (Phi) is 5.95. The van der Waals surface area contributed by atoms with E-state index in [1.165, 1.54) is 6.92 Å². The minimum atomic E-state index is -0.313. The fourth-order valence-corrected chi connectivity index (χ4v) is 2.63. The van der Waals surface area contributed by atoms with Crippen molar-refractivity contribution in [2.24, 2.45) is 0 Å². The average Bonchev–Trinajstić information content (AvgIpc) is 2.46. The fourth-order valence-electron chi connectivity index (χ4n) is 2.63. The summed E-state index contributed by atoms with van der Waals surface area (Å²) >= 11 is 0. The smallest absolute Gasteiger partial charge is 0.319 e. The van der Waals surface area contributed by atoms with E-state index < -0.39 is 0 Å². The third-order valence-corrected chi connectivity index (χ3v) is 3.66. The molecule has 3 N–H and O–H groups in total. The summed E-state index contributed by atoms with van der Waals surface area (Å²) in [6.45, 7) is 3.99. The Morgan fingerprint density at radius 1 is 1.26 bits per heavy atom. The molecule has 1 aliphatic carbocycles. The first-order valence-corrected chi connectivity index (χ1v) is 7.63. The molecule has 0 aromatic heterocycles. The molecule has 1 fully saturated rings. The van der Waals surface area contributed by atoms with Gasteiger partial charge in [0, 0.05) is 32.0 Å². The lowest BCUT2D eigenvalue weighted by atomic mass is 9.85. The van der Waals surface area contributed by atoms with Crippen LogP contribution in [0.3, 0.4) is 0 Å². The van der Waals surface area contributed by atoms with Gasteiger partial charge in [-0.05, 0) is 31.5 Å². The Hall–Kier alpha value is -2.12. The van der Waals surface area contributed by atoms with Gasteiger partial charge in [0.1, 0.15) is 6.10 Å². The van der Waals surface area contributed by atoms with Crippen molar-refractivity contribution in [2.45, 2.75) is 38.5 Å². The van der Waals surface area contributed by atoms with Gasteiger partial charge < -0.3 is 25.4 Å². The van der Waals surface area contributed by atoms with Gasteiger partial charge in [0.2, 0.25) is 5.91 Å². The number of carbonyl (C=O) groups is 2. The van der Waals surface area contributed by atoms with Gasteiger partial charge in [-0.1, -0.05) is 6.07 Å². The maximum atomic E-state index is 12.1. The number of ether oxygens (including phenoxy) is 2. The minimum absolute atomic E-state index is 0.0263. The lowest BCUT2D eigenvalue weighted by Gasteiger charge is -2.43. The maximum absolute atomic E-state index is 12.1. The molecule has 7 heteroatoms. The highest BCUT2D eigenvalue weighted by atomic mass is 16.5. The standard InChI is InChI=1S/C16H23N3O4/c1-4-23-14-9-13(15(14)22-3)19-16(21)18-12-7-5-6-11(8-12)17-10(2)20/h5-8,13-15H,4,9H2,1-3H3,(H,17,20)(H2,18,19,21)/t13-,14-,15+/m1/s1. The van der Waals surface area contributed by atoms with Crippen LogP contribution in [0.1, 0.15) is 20.3 Å². The summed E-state index contributed by atoms with van der Waals surface area (Å²) in [7, 11) is 1.61. The predicted octanol–water partition coefficient (Wildman–Crippen LogP) is 1.96. The lowest BCUT2D eigenvalue weighted by molar-refractivity contribution is -0.128. The Bertz CT molecular complexity index is 564. The number of benzene rings is 1. The normalized spacial score (nSPS) is 22.8. The number of urea groups is 1. The molecule has 0 radical (unpaired) electrons. The Labute approximate surface area is 135 Å². The van der Waals surface area contributed by atoms with E-state index in [0.717, 1.165) is 6.42 Å². The van der Waals surface area contributed by atoms with E-state index in [1.807, 2.05) is 6.92 Å². The minimum Gasteiger partial charge on any atom is -0.377 e. The van der Waals surface area contributed by atoms with Gasteiger partial charge in [-0.2, -0.15) is 0 Å². The Morgan fingerprint density at radius 3 is 2.57 bits per heavy atom. The second-order valence-corrected chi connectivity index (χ2v) is 5.40. The topological polar surface area (TPSA) is 88.7 Å². The molecule has 3 atom stereocenters. The van der Waals surface area contributed by atoms with Crippen molar-refractivity contribution in [1.82, 2.24) is 5.32 Å². The molecular weight excluding hydrogens is 298 g/mol. The summed E-state index contributed by atoms with van der Waals surface area (Å²) in [5.74, 6) is -0.161. The third-order valence-electron chi connectivity index (χ3n) is 3.66. The molecule has 7 nitrogen and oxygen atoms in total. The van der Waals surface area contributed by atoms with Gasteiger partial charge in [0.15, 0.2) is 0 Å². The quantitative estimate of drug-likeness (QED) is 0.747. The van der Waals surface area contributed by atoms with Crippen molar-refractivity contribution in [3.8, 4) is 0 Å². The molecule has 0 heterocycles. The van der Waals surface area contributed by atoms with Crippen molar-refractivity contribution < 1.29 is 19.1 Å². The molecule has 126 valence electrons. The number of rotatable bonds is 6. The Balaban J connectivity index is 1.87. The Morgan fingerprint density at radius 2 is 1.96 bits per heavy atom.